The fraction of sp³-hybridized carbons (Fsp3) is 0.471. The van der Waals surface area contributed by atoms with Gasteiger partial charge in [0.15, 0.2) is 0 Å². The molecule has 1 atom stereocenters. The molecule has 1 N–H and O–H groups in total. The van der Waals surface area contributed by atoms with E-state index in [1.54, 1.807) is 11.9 Å². The summed E-state index contributed by atoms with van der Waals surface area (Å²) in [5, 5.41) is 4.02. The highest BCUT2D eigenvalue weighted by molar-refractivity contribution is 5.93. The molecule has 122 valence electrons. The van der Waals surface area contributed by atoms with Gasteiger partial charge in [-0.3, -0.25) is 4.79 Å². The minimum Gasteiger partial charge on any atom is -0.382 e. The second-order valence-corrected chi connectivity index (χ2v) is 6.43. The van der Waals surface area contributed by atoms with Gasteiger partial charge >= 0.3 is 0 Å². The maximum absolute atomic E-state index is 12.5. The first-order valence-corrected chi connectivity index (χ1v) is 7.87. The van der Waals surface area contributed by atoms with Crippen LogP contribution in [0.4, 0.5) is 0 Å². The Morgan fingerprint density at radius 1 is 1.48 bits per heavy atom. The fourth-order valence-corrected chi connectivity index (χ4v) is 2.67. The SMILES string of the molecule is Cc1ccc2nc(CN(C)C(=O)C3CC(C(C)C)=NO3)[nH]c2c1. The summed E-state index contributed by atoms with van der Waals surface area (Å²) < 4.78 is 0. The number of H-pyrrole nitrogens is 1. The van der Waals surface area contributed by atoms with Gasteiger partial charge in [-0.15, -0.1) is 0 Å². The lowest BCUT2D eigenvalue weighted by molar-refractivity contribution is -0.141. The number of nitrogens with one attached hydrogen (secondary N) is 1. The molecule has 1 aromatic carbocycles. The molecule has 3 rings (SSSR count). The summed E-state index contributed by atoms with van der Waals surface area (Å²) in [4.78, 5) is 27.2. The number of carbonyl (C=O) groups is 1. The summed E-state index contributed by atoms with van der Waals surface area (Å²) in [6, 6.07) is 6.06. The van der Waals surface area contributed by atoms with E-state index in [-0.39, 0.29) is 5.91 Å². The number of hydrogen-bond acceptors (Lipinski definition) is 4. The van der Waals surface area contributed by atoms with Crippen LogP contribution >= 0.6 is 0 Å². The monoisotopic (exact) mass is 314 g/mol. The summed E-state index contributed by atoms with van der Waals surface area (Å²) in [5.41, 5.74) is 4.02. The first-order chi connectivity index (χ1) is 10.9. The van der Waals surface area contributed by atoms with Crippen molar-refractivity contribution >= 4 is 22.7 Å². The molecular formula is C17H22N4O2. The Morgan fingerprint density at radius 2 is 2.26 bits per heavy atom. The lowest BCUT2D eigenvalue weighted by atomic mass is 10.0. The molecule has 6 heteroatoms. The summed E-state index contributed by atoms with van der Waals surface area (Å²) in [5.74, 6) is 1.00. The van der Waals surface area contributed by atoms with Gasteiger partial charge in [0, 0.05) is 13.5 Å². The van der Waals surface area contributed by atoms with Crippen molar-refractivity contribution in [1.82, 2.24) is 14.9 Å². The number of benzene rings is 1. The third-order valence-electron chi connectivity index (χ3n) is 4.08. The molecule has 1 amide bonds. The van der Waals surface area contributed by atoms with E-state index in [9.17, 15) is 4.79 Å². The van der Waals surface area contributed by atoms with Crippen molar-refractivity contribution in [2.45, 2.75) is 39.8 Å². The number of hydrogen-bond donors (Lipinski definition) is 1. The zero-order valence-corrected chi connectivity index (χ0v) is 14.0. The van der Waals surface area contributed by atoms with E-state index in [2.05, 4.69) is 35.0 Å². The lowest BCUT2D eigenvalue weighted by Gasteiger charge is -2.18. The van der Waals surface area contributed by atoms with Crippen molar-refractivity contribution in [2.75, 3.05) is 7.05 Å². The largest absolute Gasteiger partial charge is 0.382 e. The van der Waals surface area contributed by atoms with Crippen molar-refractivity contribution in [3.05, 3.63) is 29.6 Å². The van der Waals surface area contributed by atoms with E-state index in [0.29, 0.717) is 18.9 Å². The van der Waals surface area contributed by atoms with Crippen molar-refractivity contribution in [3.8, 4) is 0 Å². The zero-order chi connectivity index (χ0) is 16.6. The summed E-state index contributed by atoms with van der Waals surface area (Å²) in [6.07, 6.45) is 0.0594. The van der Waals surface area contributed by atoms with Gasteiger partial charge in [0.05, 0.1) is 23.3 Å². The fourth-order valence-electron chi connectivity index (χ4n) is 2.67. The van der Waals surface area contributed by atoms with Crippen molar-refractivity contribution in [3.63, 3.8) is 0 Å². The average Bonchev–Trinajstić information content (AvgIpc) is 3.12. The topological polar surface area (TPSA) is 70.6 Å². The quantitative estimate of drug-likeness (QED) is 0.943. The van der Waals surface area contributed by atoms with Crippen molar-refractivity contribution in [1.29, 1.82) is 0 Å². The number of aryl methyl sites for hydroxylation is 1. The Balaban J connectivity index is 1.66. The van der Waals surface area contributed by atoms with E-state index >= 15 is 0 Å². The number of rotatable bonds is 4. The first kappa shape index (κ1) is 15.5. The third kappa shape index (κ3) is 3.21. The van der Waals surface area contributed by atoms with Crippen LogP contribution in [-0.2, 0) is 16.2 Å². The first-order valence-electron chi connectivity index (χ1n) is 7.87. The normalized spacial score (nSPS) is 17.4. The van der Waals surface area contributed by atoms with Gasteiger partial charge in [0.1, 0.15) is 5.82 Å². The van der Waals surface area contributed by atoms with Crippen LogP contribution in [0.2, 0.25) is 0 Å². The van der Waals surface area contributed by atoms with Gasteiger partial charge in [-0.1, -0.05) is 25.1 Å². The van der Waals surface area contributed by atoms with Gasteiger partial charge in [-0.2, -0.15) is 0 Å². The molecule has 0 saturated carbocycles. The molecule has 0 bridgehead atoms. The van der Waals surface area contributed by atoms with E-state index in [1.165, 1.54) is 5.56 Å². The molecule has 0 aliphatic carbocycles. The van der Waals surface area contributed by atoms with Crippen LogP contribution in [0.25, 0.3) is 11.0 Å². The Kier molecular flexibility index (Phi) is 4.07. The Morgan fingerprint density at radius 3 is 2.96 bits per heavy atom. The molecule has 23 heavy (non-hydrogen) atoms. The van der Waals surface area contributed by atoms with Crippen LogP contribution in [0.5, 0.6) is 0 Å². The number of likely N-dealkylation sites (N-methyl/N-ethyl adjacent to an activating group) is 1. The molecule has 0 spiro atoms. The highest BCUT2D eigenvalue weighted by Crippen LogP contribution is 2.19. The standard InChI is InChI=1S/C17H22N4O2/c1-10(2)13-8-15(23-20-13)17(22)21(4)9-16-18-12-6-5-11(3)7-14(12)19-16/h5-7,10,15H,8-9H2,1-4H3,(H,18,19). The number of imidazole rings is 1. The van der Waals surface area contributed by atoms with Crippen LogP contribution in [0.15, 0.2) is 23.4 Å². The molecule has 0 radical (unpaired) electrons. The second-order valence-electron chi connectivity index (χ2n) is 6.43. The molecule has 2 heterocycles. The van der Waals surface area contributed by atoms with Crippen molar-refractivity contribution in [2.24, 2.45) is 11.1 Å². The number of nitrogens with zero attached hydrogens (tertiary/aromatic N) is 3. The molecule has 1 aliphatic heterocycles. The van der Waals surface area contributed by atoms with E-state index < -0.39 is 6.10 Å². The van der Waals surface area contributed by atoms with Crippen molar-refractivity contribution < 1.29 is 9.63 Å². The Labute approximate surface area is 135 Å². The van der Waals surface area contributed by atoms with Gasteiger partial charge in [-0.25, -0.2) is 4.98 Å². The van der Waals surface area contributed by atoms with Crippen LogP contribution in [0.3, 0.4) is 0 Å². The number of oxime groups is 1. The van der Waals surface area contributed by atoms with Crippen LogP contribution in [0.1, 0.15) is 31.7 Å². The summed E-state index contributed by atoms with van der Waals surface area (Å²) >= 11 is 0. The molecule has 6 nitrogen and oxygen atoms in total. The average molecular weight is 314 g/mol. The zero-order valence-electron chi connectivity index (χ0n) is 14.0. The predicted octanol–water partition coefficient (Wildman–Crippen LogP) is 2.63. The molecule has 1 unspecified atom stereocenters. The Hall–Kier alpha value is -2.37. The highest BCUT2D eigenvalue weighted by atomic mass is 16.6. The number of aromatic amines is 1. The number of carbonyl (C=O) groups excluding carboxylic acids is 1. The molecule has 0 fully saturated rings. The van der Waals surface area contributed by atoms with E-state index in [0.717, 1.165) is 22.6 Å². The van der Waals surface area contributed by atoms with E-state index in [1.807, 2.05) is 19.1 Å². The predicted molar refractivity (Wildman–Crippen MR) is 89.1 cm³/mol. The smallest absolute Gasteiger partial charge is 0.267 e. The minimum absolute atomic E-state index is 0.0685. The Bertz CT molecular complexity index is 763. The number of amides is 1. The van der Waals surface area contributed by atoms with Gasteiger partial charge in [-0.05, 0) is 30.5 Å². The summed E-state index contributed by atoms with van der Waals surface area (Å²) in [6.45, 7) is 6.56. The maximum atomic E-state index is 12.5. The van der Waals surface area contributed by atoms with E-state index in [4.69, 9.17) is 4.84 Å². The molecule has 1 aromatic heterocycles. The molecule has 0 saturated heterocycles. The van der Waals surface area contributed by atoms with Gasteiger partial charge in [0.2, 0.25) is 6.10 Å². The summed E-state index contributed by atoms with van der Waals surface area (Å²) in [7, 11) is 1.76. The van der Waals surface area contributed by atoms with Gasteiger partial charge < -0.3 is 14.7 Å². The number of aromatic nitrogens is 2. The van der Waals surface area contributed by atoms with Crippen LogP contribution < -0.4 is 0 Å². The molecular weight excluding hydrogens is 292 g/mol. The number of fused-ring (bicyclic) bond motifs is 1. The van der Waals surface area contributed by atoms with Crippen LogP contribution in [-0.4, -0.2) is 39.6 Å². The second kappa shape index (κ2) is 6.02. The molecule has 2 aromatic rings. The lowest BCUT2D eigenvalue weighted by Crippen LogP contribution is -2.36. The molecule has 1 aliphatic rings. The minimum atomic E-state index is -0.510. The van der Waals surface area contributed by atoms with Gasteiger partial charge in [0.25, 0.3) is 5.91 Å². The highest BCUT2D eigenvalue weighted by Gasteiger charge is 2.31. The van der Waals surface area contributed by atoms with Crippen LogP contribution in [0, 0.1) is 12.8 Å². The maximum Gasteiger partial charge on any atom is 0.267 e. The third-order valence-corrected chi connectivity index (χ3v) is 4.08.